The number of amides is 1. The lowest BCUT2D eigenvalue weighted by atomic mass is 9.89. The van der Waals surface area contributed by atoms with E-state index in [9.17, 15) is 4.79 Å². The van der Waals surface area contributed by atoms with Gasteiger partial charge < -0.3 is 10.1 Å². The minimum absolute atomic E-state index is 0.0736. The van der Waals surface area contributed by atoms with Crippen molar-refractivity contribution in [3.8, 4) is 5.75 Å². The number of nitrogens with zero attached hydrogens (tertiary/aromatic N) is 2. The molecule has 0 spiro atoms. The SMILES string of the molecule is Cc1ccccc1O[C@H]1C[C@H](NC(=O)c2cnn3ccccc23)C1. The topological polar surface area (TPSA) is 55.6 Å². The van der Waals surface area contributed by atoms with Crippen LogP contribution in [-0.2, 0) is 0 Å². The molecular formula is C19H19N3O2. The quantitative estimate of drug-likeness (QED) is 0.804. The van der Waals surface area contributed by atoms with Crippen molar-refractivity contribution in [1.82, 2.24) is 14.9 Å². The van der Waals surface area contributed by atoms with Gasteiger partial charge in [0, 0.05) is 25.1 Å². The number of pyridine rings is 1. The van der Waals surface area contributed by atoms with Gasteiger partial charge in [0.15, 0.2) is 0 Å². The van der Waals surface area contributed by atoms with Crippen LogP contribution in [0, 0.1) is 6.92 Å². The standard InChI is InChI=1S/C19H19N3O2/c1-13-6-2-3-8-18(13)24-15-10-14(11-15)21-19(23)16-12-20-22-9-5-4-7-17(16)22/h2-9,12,14-15H,10-11H2,1H3,(H,21,23)/t14-,15-. The maximum absolute atomic E-state index is 12.4. The van der Waals surface area contributed by atoms with E-state index in [0.29, 0.717) is 5.56 Å². The van der Waals surface area contributed by atoms with E-state index < -0.39 is 0 Å². The number of aromatic nitrogens is 2. The lowest BCUT2D eigenvalue weighted by Gasteiger charge is -2.36. The van der Waals surface area contributed by atoms with Crippen LogP contribution in [0.3, 0.4) is 0 Å². The van der Waals surface area contributed by atoms with E-state index in [2.05, 4.69) is 10.4 Å². The van der Waals surface area contributed by atoms with E-state index in [1.807, 2.05) is 55.6 Å². The Labute approximate surface area is 140 Å². The van der Waals surface area contributed by atoms with Crippen LogP contribution in [0.1, 0.15) is 28.8 Å². The first kappa shape index (κ1) is 14.8. The molecule has 1 saturated carbocycles. The summed E-state index contributed by atoms with van der Waals surface area (Å²) in [6.07, 6.45) is 5.28. The van der Waals surface area contributed by atoms with Crippen LogP contribution >= 0.6 is 0 Å². The molecule has 2 heterocycles. The van der Waals surface area contributed by atoms with Crippen molar-refractivity contribution >= 4 is 11.4 Å². The summed E-state index contributed by atoms with van der Waals surface area (Å²) in [6.45, 7) is 2.04. The third-order valence-corrected chi connectivity index (χ3v) is 4.49. The highest BCUT2D eigenvalue weighted by atomic mass is 16.5. The predicted molar refractivity (Wildman–Crippen MR) is 91.3 cm³/mol. The zero-order valence-corrected chi connectivity index (χ0v) is 13.5. The van der Waals surface area contributed by atoms with E-state index in [1.54, 1.807) is 10.7 Å². The van der Waals surface area contributed by atoms with E-state index in [0.717, 1.165) is 29.7 Å². The van der Waals surface area contributed by atoms with Crippen LogP contribution in [0.2, 0.25) is 0 Å². The molecule has 1 aromatic carbocycles. The fraction of sp³-hybridized carbons (Fsp3) is 0.263. The van der Waals surface area contributed by atoms with Crippen LogP contribution in [0.4, 0.5) is 0 Å². The second-order valence-corrected chi connectivity index (χ2v) is 6.24. The summed E-state index contributed by atoms with van der Waals surface area (Å²) >= 11 is 0. The average Bonchev–Trinajstić information content (AvgIpc) is 2.98. The van der Waals surface area contributed by atoms with Crippen LogP contribution in [-0.4, -0.2) is 27.7 Å². The lowest BCUT2D eigenvalue weighted by Crippen LogP contribution is -2.49. The van der Waals surface area contributed by atoms with Crippen molar-refractivity contribution in [2.45, 2.75) is 31.9 Å². The van der Waals surface area contributed by atoms with Gasteiger partial charge in [0.2, 0.25) is 0 Å². The van der Waals surface area contributed by atoms with Gasteiger partial charge in [0.25, 0.3) is 5.91 Å². The van der Waals surface area contributed by atoms with Gasteiger partial charge in [0.1, 0.15) is 11.9 Å². The number of rotatable bonds is 4. The third-order valence-electron chi connectivity index (χ3n) is 4.49. The first-order valence-corrected chi connectivity index (χ1v) is 8.16. The van der Waals surface area contributed by atoms with Gasteiger partial charge in [-0.25, -0.2) is 4.52 Å². The molecule has 0 bridgehead atoms. The summed E-state index contributed by atoms with van der Waals surface area (Å²) in [4.78, 5) is 12.4. The molecule has 0 unspecified atom stereocenters. The van der Waals surface area contributed by atoms with Crippen molar-refractivity contribution in [2.75, 3.05) is 0 Å². The van der Waals surface area contributed by atoms with Crippen molar-refractivity contribution in [3.05, 3.63) is 66.0 Å². The molecule has 0 saturated heterocycles. The number of carbonyl (C=O) groups is 1. The lowest BCUT2D eigenvalue weighted by molar-refractivity contribution is 0.0698. The van der Waals surface area contributed by atoms with Gasteiger partial charge >= 0.3 is 0 Å². The summed E-state index contributed by atoms with van der Waals surface area (Å²) < 4.78 is 7.69. The number of nitrogens with one attached hydrogen (secondary N) is 1. The highest BCUT2D eigenvalue weighted by molar-refractivity contribution is 6.00. The maximum atomic E-state index is 12.4. The normalized spacial score (nSPS) is 19.7. The van der Waals surface area contributed by atoms with Gasteiger partial charge in [-0.1, -0.05) is 24.3 Å². The number of fused-ring (bicyclic) bond motifs is 1. The largest absolute Gasteiger partial charge is 0.490 e. The Morgan fingerprint density at radius 2 is 2.00 bits per heavy atom. The second kappa shape index (κ2) is 6.00. The Hall–Kier alpha value is -2.82. The monoisotopic (exact) mass is 321 g/mol. The summed E-state index contributed by atoms with van der Waals surface area (Å²) in [6, 6.07) is 13.9. The van der Waals surface area contributed by atoms with Gasteiger partial charge in [-0.2, -0.15) is 5.10 Å². The van der Waals surface area contributed by atoms with Crippen LogP contribution in [0.5, 0.6) is 5.75 Å². The number of aryl methyl sites for hydroxylation is 1. The molecule has 5 heteroatoms. The molecule has 0 radical (unpaired) electrons. The molecule has 1 fully saturated rings. The van der Waals surface area contributed by atoms with E-state index in [-0.39, 0.29) is 18.1 Å². The third kappa shape index (κ3) is 2.73. The van der Waals surface area contributed by atoms with Crippen molar-refractivity contribution in [1.29, 1.82) is 0 Å². The Morgan fingerprint density at radius 1 is 1.21 bits per heavy atom. The molecule has 122 valence electrons. The van der Waals surface area contributed by atoms with Gasteiger partial charge in [-0.15, -0.1) is 0 Å². The highest BCUT2D eigenvalue weighted by Gasteiger charge is 2.32. The molecule has 0 atom stereocenters. The van der Waals surface area contributed by atoms with E-state index >= 15 is 0 Å². The first-order valence-electron chi connectivity index (χ1n) is 8.16. The fourth-order valence-corrected chi connectivity index (χ4v) is 3.02. The molecular weight excluding hydrogens is 302 g/mol. The molecule has 1 aliphatic rings. The van der Waals surface area contributed by atoms with Crippen molar-refractivity contribution < 1.29 is 9.53 Å². The second-order valence-electron chi connectivity index (χ2n) is 6.24. The molecule has 0 aliphatic heterocycles. The summed E-state index contributed by atoms with van der Waals surface area (Å²) in [7, 11) is 0. The molecule has 1 amide bonds. The van der Waals surface area contributed by atoms with Crippen LogP contribution < -0.4 is 10.1 Å². The Morgan fingerprint density at radius 3 is 2.83 bits per heavy atom. The Bertz CT molecular complexity index is 881. The van der Waals surface area contributed by atoms with Gasteiger partial charge in [-0.05, 0) is 30.7 Å². The minimum atomic E-state index is -0.0736. The fourth-order valence-electron chi connectivity index (χ4n) is 3.02. The van der Waals surface area contributed by atoms with Crippen LogP contribution in [0.15, 0.2) is 54.9 Å². The summed E-state index contributed by atoms with van der Waals surface area (Å²) in [5, 5.41) is 7.27. The molecule has 24 heavy (non-hydrogen) atoms. The number of ether oxygens (including phenoxy) is 1. The zero-order chi connectivity index (χ0) is 16.5. The number of para-hydroxylation sites is 1. The van der Waals surface area contributed by atoms with Gasteiger partial charge in [-0.3, -0.25) is 4.79 Å². The van der Waals surface area contributed by atoms with Gasteiger partial charge in [0.05, 0.1) is 17.3 Å². The number of hydrogen-bond acceptors (Lipinski definition) is 3. The first-order chi connectivity index (χ1) is 11.7. The average molecular weight is 321 g/mol. The number of carbonyl (C=O) groups excluding carboxylic acids is 1. The predicted octanol–water partition coefficient (Wildman–Crippen LogP) is 2.98. The smallest absolute Gasteiger partial charge is 0.255 e. The minimum Gasteiger partial charge on any atom is -0.490 e. The summed E-state index contributed by atoms with van der Waals surface area (Å²) in [5.74, 6) is 0.852. The Kier molecular flexibility index (Phi) is 3.69. The molecule has 3 aromatic rings. The Balaban J connectivity index is 1.35. The molecule has 2 aromatic heterocycles. The molecule has 1 aliphatic carbocycles. The van der Waals surface area contributed by atoms with Crippen molar-refractivity contribution in [3.63, 3.8) is 0 Å². The van der Waals surface area contributed by atoms with Crippen molar-refractivity contribution in [2.24, 2.45) is 0 Å². The number of benzene rings is 1. The van der Waals surface area contributed by atoms with E-state index in [1.165, 1.54) is 0 Å². The molecule has 4 rings (SSSR count). The zero-order valence-electron chi connectivity index (χ0n) is 13.5. The van der Waals surface area contributed by atoms with E-state index in [4.69, 9.17) is 4.74 Å². The van der Waals surface area contributed by atoms with Crippen LogP contribution in [0.25, 0.3) is 5.52 Å². The highest BCUT2D eigenvalue weighted by Crippen LogP contribution is 2.28. The number of hydrogen-bond donors (Lipinski definition) is 1. The maximum Gasteiger partial charge on any atom is 0.255 e. The molecule has 1 N–H and O–H groups in total. The summed E-state index contributed by atoms with van der Waals surface area (Å²) in [5.41, 5.74) is 2.57. The molecule has 5 nitrogen and oxygen atoms in total.